The first-order valence-electron chi connectivity index (χ1n) is 9.28. The third-order valence-electron chi connectivity index (χ3n) is 4.52. The van der Waals surface area contributed by atoms with Gasteiger partial charge in [-0.15, -0.1) is 0 Å². The zero-order valence-corrected chi connectivity index (χ0v) is 18.1. The summed E-state index contributed by atoms with van der Waals surface area (Å²) in [5.41, 5.74) is 1.09. The first-order chi connectivity index (χ1) is 13.7. The highest BCUT2D eigenvalue weighted by Gasteiger charge is 2.26. The number of fused-ring (bicyclic) bond motifs is 1. The average Bonchev–Trinajstić information content (AvgIpc) is 3.09. The summed E-state index contributed by atoms with van der Waals surface area (Å²) in [4.78, 5) is 31.6. The van der Waals surface area contributed by atoms with Crippen molar-refractivity contribution in [3.8, 4) is 0 Å². The number of hydrogen-bond donors (Lipinski definition) is 1. The molecule has 0 saturated heterocycles. The molecule has 156 valence electrons. The molecule has 29 heavy (non-hydrogen) atoms. The molecule has 0 aliphatic carbocycles. The van der Waals surface area contributed by atoms with Crippen LogP contribution in [0, 0.1) is 0 Å². The molecule has 1 aromatic heterocycles. The quantitative estimate of drug-likeness (QED) is 0.771. The summed E-state index contributed by atoms with van der Waals surface area (Å²) in [6.07, 6.45) is 0.225. The highest BCUT2D eigenvalue weighted by atomic mass is 32.2. The first kappa shape index (κ1) is 21.3. The summed E-state index contributed by atoms with van der Waals surface area (Å²) >= 11 is 1.30. The van der Waals surface area contributed by atoms with Gasteiger partial charge < -0.3 is 9.64 Å². The summed E-state index contributed by atoms with van der Waals surface area (Å²) in [6, 6.07) is 5.97. The van der Waals surface area contributed by atoms with E-state index in [0.29, 0.717) is 31.2 Å². The molecule has 2 heterocycles. The predicted molar refractivity (Wildman–Crippen MR) is 110 cm³/mol. The van der Waals surface area contributed by atoms with E-state index in [4.69, 9.17) is 4.74 Å². The molecule has 1 aliphatic rings. The van der Waals surface area contributed by atoms with E-state index in [1.165, 1.54) is 23.5 Å². The Morgan fingerprint density at radius 1 is 1.34 bits per heavy atom. The topological polar surface area (TPSA) is 106 Å². The standard InChI is InChI=1S/C19H23N3O5S2/c1-4-27-19(24)22-9-8-15-16(11-22)28-18(20-15)21-17(23)13-6-5-7-14(10-13)29(25,26)12(2)3/h5-7,10,12H,4,8-9,11H2,1-3H3,(H,20,21,23). The van der Waals surface area contributed by atoms with Crippen LogP contribution in [-0.2, 0) is 27.5 Å². The van der Waals surface area contributed by atoms with Crippen molar-refractivity contribution in [2.45, 2.75) is 43.9 Å². The SMILES string of the molecule is CCOC(=O)N1CCc2nc(NC(=O)c3cccc(S(=O)(=O)C(C)C)c3)sc2C1. The first-order valence-corrected chi connectivity index (χ1v) is 11.6. The number of anilines is 1. The van der Waals surface area contributed by atoms with E-state index in [-0.39, 0.29) is 16.6 Å². The minimum absolute atomic E-state index is 0.115. The zero-order chi connectivity index (χ0) is 21.2. The van der Waals surface area contributed by atoms with E-state index in [2.05, 4.69) is 10.3 Å². The van der Waals surface area contributed by atoms with Gasteiger partial charge in [0.15, 0.2) is 15.0 Å². The van der Waals surface area contributed by atoms with Gasteiger partial charge in [-0.3, -0.25) is 10.1 Å². The Balaban J connectivity index is 1.74. The van der Waals surface area contributed by atoms with Crippen LogP contribution in [-0.4, -0.2) is 48.7 Å². The molecule has 8 nitrogen and oxygen atoms in total. The van der Waals surface area contributed by atoms with Gasteiger partial charge in [-0.05, 0) is 39.0 Å². The third kappa shape index (κ3) is 4.59. The number of hydrogen-bond acceptors (Lipinski definition) is 7. The number of nitrogens with zero attached hydrogens (tertiary/aromatic N) is 2. The highest BCUT2D eigenvalue weighted by molar-refractivity contribution is 7.92. The molecule has 0 fully saturated rings. The van der Waals surface area contributed by atoms with Gasteiger partial charge in [-0.1, -0.05) is 17.4 Å². The van der Waals surface area contributed by atoms with Crippen molar-refractivity contribution in [2.24, 2.45) is 0 Å². The van der Waals surface area contributed by atoms with E-state index in [1.807, 2.05) is 0 Å². The molecule has 3 rings (SSSR count). The van der Waals surface area contributed by atoms with E-state index < -0.39 is 21.0 Å². The average molecular weight is 438 g/mol. The Bertz CT molecular complexity index is 1030. The van der Waals surface area contributed by atoms with E-state index >= 15 is 0 Å². The normalized spacial score (nSPS) is 13.9. The number of carbonyl (C=O) groups is 2. The maximum atomic E-state index is 12.6. The molecule has 0 radical (unpaired) electrons. The van der Waals surface area contributed by atoms with Crippen LogP contribution in [0.4, 0.5) is 9.93 Å². The van der Waals surface area contributed by atoms with Gasteiger partial charge in [0.1, 0.15) is 0 Å². The van der Waals surface area contributed by atoms with Crippen LogP contribution in [0.15, 0.2) is 29.2 Å². The molecule has 0 spiro atoms. The summed E-state index contributed by atoms with van der Waals surface area (Å²) in [7, 11) is -3.47. The number of aromatic nitrogens is 1. The Labute approximate surface area is 173 Å². The Morgan fingerprint density at radius 2 is 2.10 bits per heavy atom. The predicted octanol–water partition coefficient (Wildman–Crippen LogP) is 3.09. The molecular weight excluding hydrogens is 414 g/mol. The molecule has 0 atom stereocenters. The minimum atomic E-state index is -3.47. The smallest absolute Gasteiger partial charge is 0.410 e. The van der Waals surface area contributed by atoms with Crippen molar-refractivity contribution >= 4 is 38.3 Å². The molecule has 2 aromatic rings. The Morgan fingerprint density at radius 3 is 2.79 bits per heavy atom. The summed E-state index contributed by atoms with van der Waals surface area (Å²) in [6.45, 7) is 6.18. The molecule has 0 bridgehead atoms. The lowest BCUT2D eigenvalue weighted by Crippen LogP contribution is -2.35. The van der Waals surface area contributed by atoms with Gasteiger partial charge in [-0.25, -0.2) is 18.2 Å². The molecule has 0 saturated carbocycles. The second-order valence-corrected chi connectivity index (χ2v) is 10.4. The number of nitrogens with one attached hydrogen (secondary N) is 1. The van der Waals surface area contributed by atoms with E-state index in [9.17, 15) is 18.0 Å². The fourth-order valence-corrected chi connectivity index (χ4v) is 5.00. The number of carbonyl (C=O) groups excluding carboxylic acids is 2. The Hall–Kier alpha value is -2.46. The van der Waals surface area contributed by atoms with Gasteiger partial charge >= 0.3 is 6.09 Å². The van der Waals surface area contributed by atoms with Crippen molar-refractivity contribution in [2.75, 3.05) is 18.5 Å². The van der Waals surface area contributed by atoms with Crippen LogP contribution in [0.25, 0.3) is 0 Å². The second kappa shape index (κ2) is 8.50. The van der Waals surface area contributed by atoms with Crippen LogP contribution in [0.3, 0.4) is 0 Å². The number of ether oxygens (including phenoxy) is 1. The fraction of sp³-hybridized carbons (Fsp3) is 0.421. The zero-order valence-electron chi connectivity index (χ0n) is 16.5. The molecule has 2 amide bonds. The molecule has 10 heteroatoms. The maximum absolute atomic E-state index is 12.6. The van der Waals surface area contributed by atoms with Crippen molar-refractivity contribution in [3.05, 3.63) is 40.4 Å². The monoisotopic (exact) mass is 437 g/mol. The number of sulfone groups is 1. The second-order valence-electron chi connectivity index (χ2n) is 6.84. The minimum Gasteiger partial charge on any atom is -0.450 e. The fourth-order valence-electron chi connectivity index (χ4n) is 2.88. The molecule has 1 aliphatic heterocycles. The van der Waals surface area contributed by atoms with Crippen LogP contribution < -0.4 is 5.32 Å². The Kier molecular flexibility index (Phi) is 6.23. The van der Waals surface area contributed by atoms with E-state index in [0.717, 1.165) is 10.6 Å². The summed E-state index contributed by atoms with van der Waals surface area (Å²) < 4.78 is 29.7. The molecular formula is C19H23N3O5S2. The lowest BCUT2D eigenvalue weighted by molar-refractivity contribution is 0.102. The van der Waals surface area contributed by atoms with Crippen molar-refractivity contribution in [3.63, 3.8) is 0 Å². The summed E-state index contributed by atoms with van der Waals surface area (Å²) in [5, 5.41) is 2.58. The number of amides is 2. The van der Waals surface area contributed by atoms with Crippen LogP contribution in [0.1, 0.15) is 41.7 Å². The van der Waals surface area contributed by atoms with Gasteiger partial charge in [-0.2, -0.15) is 0 Å². The molecule has 1 N–H and O–H groups in total. The third-order valence-corrected chi connectivity index (χ3v) is 7.67. The molecule has 0 unspecified atom stereocenters. The van der Waals surface area contributed by atoms with E-state index in [1.54, 1.807) is 37.8 Å². The van der Waals surface area contributed by atoms with Gasteiger partial charge in [0.25, 0.3) is 5.91 Å². The van der Waals surface area contributed by atoms with Crippen molar-refractivity contribution in [1.82, 2.24) is 9.88 Å². The summed E-state index contributed by atoms with van der Waals surface area (Å²) in [5.74, 6) is -0.431. The van der Waals surface area contributed by atoms with Crippen LogP contribution in [0.2, 0.25) is 0 Å². The maximum Gasteiger partial charge on any atom is 0.410 e. The van der Waals surface area contributed by atoms with Crippen molar-refractivity contribution in [1.29, 1.82) is 0 Å². The lowest BCUT2D eigenvalue weighted by Gasteiger charge is -2.24. The van der Waals surface area contributed by atoms with Crippen molar-refractivity contribution < 1.29 is 22.7 Å². The highest BCUT2D eigenvalue weighted by Crippen LogP contribution is 2.29. The number of rotatable bonds is 5. The van der Waals surface area contributed by atoms with Crippen LogP contribution >= 0.6 is 11.3 Å². The molecule has 1 aromatic carbocycles. The lowest BCUT2D eigenvalue weighted by atomic mass is 10.2. The van der Waals surface area contributed by atoms with Gasteiger partial charge in [0, 0.05) is 23.4 Å². The van der Waals surface area contributed by atoms with Gasteiger partial charge in [0.05, 0.1) is 29.0 Å². The largest absolute Gasteiger partial charge is 0.450 e. The number of benzene rings is 1. The number of thiazole rings is 1. The van der Waals surface area contributed by atoms with Crippen LogP contribution in [0.5, 0.6) is 0 Å². The van der Waals surface area contributed by atoms with Gasteiger partial charge in [0.2, 0.25) is 0 Å².